The van der Waals surface area contributed by atoms with Crippen LogP contribution in [0.15, 0.2) is 46.8 Å². The van der Waals surface area contributed by atoms with Gasteiger partial charge in [-0.15, -0.1) is 0 Å². The average Bonchev–Trinajstić information content (AvgIpc) is 2.66. The number of sulfonamides is 1. The average molecular weight is 434 g/mol. The van der Waals surface area contributed by atoms with Crippen LogP contribution in [0.4, 0.5) is 17.6 Å². The van der Waals surface area contributed by atoms with Gasteiger partial charge in [0.15, 0.2) is 12.3 Å². The Labute approximate surface area is 164 Å². The number of halogens is 4. The van der Waals surface area contributed by atoms with Crippen molar-refractivity contribution in [2.24, 2.45) is 0 Å². The van der Waals surface area contributed by atoms with Crippen LogP contribution in [0.1, 0.15) is 23.2 Å². The SMILES string of the molecule is O=C(NC1=CC(F)C(F)C(F)=C1)c1cc(S(=O)(=O)N2CCC(O)CC2)ccc1F. The Kier molecular flexibility index (Phi) is 6.11. The molecule has 2 atom stereocenters. The molecule has 1 fully saturated rings. The Morgan fingerprint density at radius 3 is 2.45 bits per heavy atom. The number of carbonyl (C=O) groups excluding carboxylic acids is 1. The third-order valence-electron chi connectivity index (χ3n) is 4.68. The van der Waals surface area contributed by atoms with E-state index in [-0.39, 0.29) is 30.8 Å². The molecule has 2 aliphatic rings. The first-order valence-corrected chi connectivity index (χ1v) is 10.2. The Morgan fingerprint density at radius 1 is 1.17 bits per heavy atom. The fraction of sp³-hybridized carbons (Fsp3) is 0.389. The van der Waals surface area contributed by atoms with E-state index in [0.717, 1.165) is 22.5 Å². The maximum absolute atomic E-state index is 14.1. The van der Waals surface area contributed by atoms with Gasteiger partial charge in [0, 0.05) is 18.8 Å². The number of amides is 1. The standard InChI is InChI=1S/C18H18F4N2O4S/c19-14-2-1-12(29(27,28)24-5-3-11(25)4-6-24)9-13(14)18(26)23-10-7-15(20)17(22)16(21)8-10/h1-2,7-9,11,15,17,25H,3-6H2,(H,23,26). The van der Waals surface area contributed by atoms with Crippen molar-refractivity contribution in [2.75, 3.05) is 13.1 Å². The fourth-order valence-corrected chi connectivity index (χ4v) is 4.53. The smallest absolute Gasteiger partial charge is 0.258 e. The zero-order valence-electron chi connectivity index (χ0n) is 15.0. The molecule has 1 heterocycles. The number of rotatable bonds is 4. The second kappa shape index (κ2) is 8.25. The van der Waals surface area contributed by atoms with Crippen molar-refractivity contribution in [3.63, 3.8) is 0 Å². The van der Waals surface area contributed by atoms with Gasteiger partial charge in [-0.05, 0) is 43.2 Å². The van der Waals surface area contributed by atoms with Crippen molar-refractivity contribution in [2.45, 2.75) is 36.2 Å². The topological polar surface area (TPSA) is 86.7 Å². The first-order chi connectivity index (χ1) is 13.6. The van der Waals surface area contributed by atoms with Crippen LogP contribution in [0.25, 0.3) is 0 Å². The molecule has 29 heavy (non-hydrogen) atoms. The molecule has 1 aromatic rings. The van der Waals surface area contributed by atoms with E-state index in [4.69, 9.17) is 0 Å². The number of carbonyl (C=O) groups is 1. The largest absolute Gasteiger partial charge is 0.393 e. The molecule has 1 aliphatic heterocycles. The summed E-state index contributed by atoms with van der Waals surface area (Å²) in [6.45, 7) is 0.142. The zero-order chi connectivity index (χ0) is 21.3. The monoisotopic (exact) mass is 434 g/mol. The molecule has 2 N–H and O–H groups in total. The third-order valence-corrected chi connectivity index (χ3v) is 6.57. The van der Waals surface area contributed by atoms with Crippen LogP contribution in [-0.2, 0) is 10.0 Å². The highest BCUT2D eigenvalue weighted by molar-refractivity contribution is 7.89. The number of aliphatic hydroxyl groups excluding tert-OH is 1. The molecule has 1 amide bonds. The van der Waals surface area contributed by atoms with Crippen LogP contribution >= 0.6 is 0 Å². The van der Waals surface area contributed by atoms with E-state index in [1.165, 1.54) is 0 Å². The van der Waals surface area contributed by atoms with Crippen LogP contribution in [0.5, 0.6) is 0 Å². The van der Waals surface area contributed by atoms with E-state index in [0.29, 0.717) is 12.2 Å². The van der Waals surface area contributed by atoms with E-state index >= 15 is 0 Å². The molecule has 0 saturated carbocycles. The lowest BCUT2D eigenvalue weighted by molar-refractivity contribution is 0.0961. The van der Waals surface area contributed by atoms with Gasteiger partial charge in [-0.3, -0.25) is 4.79 Å². The van der Waals surface area contributed by atoms with Gasteiger partial charge in [0.05, 0.1) is 16.6 Å². The van der Waals surface area contributed by atoms with Gasteiger partial charge in [-0.2, -0.15) is 4.31 Å². The molecule has 11 heteroatoms. The first kappa shape index (κ1) is 21.5. The second-order valence-electron chi connectivity index (χ2n) is 6.73. The second-order valence-corrected chi connectivity index (χ2v) is 8.67. The van der Waals surface area contributed by atoms with Crippen LogP contribution in [0.3, 0.4) is 0 Å². The molecule has 1 aliphatic carbocycles. The summed E-state index contributed by atoms with van der Waals surface area (Å²) in [6.07, 6.45) is -3.71. The predicted octanol–water partition coefficient (Wildman–Crippen LogP) is 2.13. The lowest BCUT2D eigenvalue weighted by Gasteiger charge is -2.28. The van der Waals surface area contributed by atoms with Gasteiger partial charge in [0.1, 0.15) is 11.6 Å². The lowest BCUT2D eigenvalue weighted by atomic mass is 10.1. The first-order valence-electron chi connectivity index (χ1n) is 8.76. The van der Waals surface area contributed by atoms with Gasteiger partial charge >= 0.3 is 0 Å². The van der Waals surface area contributed by atoms with Gasteiger partial charge in [0.2, 0.25) is 10.0 Å². The molecular weight excluding hydrogens is 416 g/mol. The molecule has 6 nitrogen and oxygen atoms in total. The van der Waals surface area contributed by atoms with Crippen molar-refractivity contribution >= 4 is 15.9 Å². The molecule has 0 spiro atoms. The minimum atomic E-state index is -4.04. The number of piperidine rings is 1. The number of benzene rings is 1. The van der Waals surface area contributed by atoms with Gasteiger partial charge in [-0.25, -0.2) is 26.0 Å². The number of allylic oxidation sites excluding steroid dienone is 3. The number of hydrogen-bond donors (Lipinski definition) is 2. The minimum absolute atomic E-state index is 0.0711. The highest BCUT2D eigenvalue weighted by Crippen LogP contribution is 2.25. The van der Waals surface area contributed by atoms with E-state index in [2.05, 4.69) is 0 Å². The number of alkyl halides is 2. The summed E-state index contributed by atoms with van der Waals surface area (Å²) in [4.78, 5) is 12.0. The summed E-state index contributed by atoms with van der Waals surface area (Å²) in [7, 11) is -4.04. The van der Waals surface area contributed by atoms with Crippen LogP contribution < -0.4 is 5.32 Å². The van der Waals surface area contributed by atoms with Crippen molar-refractivity contribution < 1.29 is 35.9 Å². The summed E-state index contributed by atoms with van der Waals surface area (Å²) in [5.74, 6) is -3.62. The summed E-state index contributed by atoms with van der Waals surface area (Å²) in [5, 5.41) is 11.6. The van der Waals surface area contributed by atoms with E-state index in [1.807, 2.05) is 5.32 Å². The predicted molar refractivity (Wildman–Crippen MR) is 94.9 cm³/mol. The lowest BCUT2D eigenvalue weighted by Crippen LogP contribution is -2.40. The number of hydrogen-bond acceptors (Lipinski definition) is 4. The molecule has 0 bridgehead atoms. The van der Waals surface area contributed by atoms with Gasteiger partial charge < -0.3 is 10.4 Å². The van der Waals surface area contributed by atoms with Gasteiger partial charge in [0.25, 0.3) is 5.91 Å². The van der Waals surface area contributed by atoms with Crippen LogP contribution in [0, 0.1) is 5.82 Å². The molecular formula is C18H18F4N2O4S. The zero-order valence-corrected chi connectivity index (χ0v) is 15.8. The summed E-state index contributed by atoms with van der Waals surface area (Å²) >= 11 is 0. The maximum atomic E-state index is 14.1. The summed E-state index contributed by atoms with van der Waals surface area (Å²) < 4.78 is 80.6. The summed E-state index contributed by atoms with van der Waals surface area (Å²) in [5.41, 5.74) is -1.07. The van der Waals surface area contributed by atoms with E-state index in [9.17, 15) is 35.9 Å². The molecule has 1 saturated heterocycles. The number of aliphatic hydroxyl groups is 1. The Balaban J connectivity index is 1.84. The third kappa shape index (κ3) is 4.51. The Morgan fingerprint density at radius 2 is 1.83 bits per heavy atom. The normalized spacial score (nSPS) is 24.0. The highest BCUT2D eigenvalue weighted by Gasteiger charge is 2.31. The number of nitrogens with zero attached hydrogens (tertiary/aromatic N) is 1. The molecule has 0 aromatic heterocycles. The molecule has 1 aromatic carbocycles. The van der Waals surface area contributed by atoms with Crippen molar-refractivity contribution in [3.8, 4) is 0 Å². The van der Waals surface area contributed by atoms with Crippen molar-refractivity contribution in [3.05, 3.63) is 53.3 Å². The Bertz CT molecular complexity index is 972. The highest BCUT2D eigenvalue weighted by atomic mass is 32.2. The van der Waals surface area contributed by atoms with Crippen LogP contribution in [-0.4, -0.2) is 55.3 Å². The van der Waals surface area contributed by atoms with E-state index in [1.54, 1.807) is 0 Å². The molecule has 0 radical (unpaired) electrons. The minimum Gasteiger partial charge on any atom is -0.393 e. The maximum Gasteiger partial charge on any atom is 0.258 e. The fourth-order valence-electron chi connectivity index (χ4n) is 3.03. The number of nitrogens with one attached hydrogen (secondary N) is 1. The quantitative estimate of drug-likeness (QED) is 0.711. The van der Waals surface area contributed by atoms with Crippen molar-refractivity contribution in [1.82, 2.24) is 9.62 Å². The summed E-state index contributed by atoms with van der Waals surface area (Å²) in [6, 6.07) is 2.61. The molecule has 158 valence electrons. The van der Waals surface area contributed by atoms with Crippen LogP contribution in [0.2, 0.25) is 0 Å². The van der Waals surface area contributed by atoms with E-state index < -0.39 is 57.3 Å². The molecule has 2 unspecified atom stereocenters. The van der Waals surface area contributed by atoms with Crippen molar-refractivity contribution in [1.29, 1.82) is 0 Å². The molecule has 3 rings (SSSR count). The Hall–Kier alpha value is -2.24. The van der Waals surface area contributed by atoms with Gasteiger partial charge in [-0.1, -0.05) is 0 Å².